The maximum Gasteiger partial charge on any atom is 0.129 e. The molecule has 0 saturated heterocycles. The van der Waals surface area contributed by atoms with Crippen LogP contribution in [0.5, 0.6) is 5.75 Å². The molecule has 0 radical (unpaired) electrons. The van der Waals surface area contributed by atoms with Gasteiger partial charge in [0.1, 0.15) is 17.0 Å². The number of benzene rings is 1. The first-order valence-electron chi connectivity index (χ1n) is 5.72. The molecule has 1 aromatic heterocycles. The summed E-state index contributed by atoms with van der Waals surface area (Å²) >= 11 is 9.39. The predicted octanol–water partition coefficient (Wildman–Crippen LogP) is 3.55. The molecule has 1 saturated carbocycles. The second kappa shape index (κ2) is 4.68. The van der Waals surface area contributed by atoms with Crippen molar-refractivity contribution in [1.82, 2.24) is 4.98 Å². The maximum absolute atomic E-state index is 9.27. The van der Waals surface area contributed by atoms with Crippen LogP contribution in [0.3, 0.4) is 0 Å². The van der Waals surface area contributed by atoms with Crippen molar-refractivity contribution in [3.8, 4) is 5.75 Å². The maximum atomic E-state index is 9.27. The van der Waals surface area contributed by atoms with E-state index in [1.807, 2.05) is 18.2 Å². The Hall–Kier alpha value is -0.840. The van der Waals surface area contributed by atoms with Gasteiger partial charge in [-0.3, -0.25) is 0 Å². The smallest absolute Gasteiger partial charge is 0.129 e. The van der Waals surface area contributed by atoms with Gasteiger partial charge in [-0.1, -0.05) is 27.5 Å². The average Bonchev–Trinajstić information content (AvgIpc) is 2.31. The van der Waals surface area contributed by atoms with Crippen LogP contribution in [0, 0.1) is 0 Å². The molecule has 0 bridgehead atoms. The lowest BCUT2D eigenvalue weighted by Gasteiger charge is -2.32. The van der Waals surface area contributed by atoms with E-state index in [4.69, 9.17) is 16.3 Å². The molecule has 1 aliphatic rings. The normalized spacial score (nSPS) is 22.8. The van der Waals surface area contributed by atoms with Crippen LogP contribution in [-0.4, -0.2) is 22.3 Å². The first-order chi connectivity index (χ1) is 8.63. The summed E-state index contributed by atoms with van der Waals surface area (Å²) in [5, 5.41) is 11.6. The van der Waals surface area contributed by atoms with Gasteiger partial charge in [-0.05, 0) is 18.2 Å². The number of aliphatic hydroxyl groups is 1. The molecule has 1 heterocycles. The number of halogens is 2. The summed E-state index contributed by atoms with van der Waals surface area (Å²) in [6.07, 6.45) is 2.98. The number of aliphatic hydroxyl groups excluding tert-OH is 1. The number of pyridine rings is 1. The van der Waals surface area contributed by atoms with Gasteiger partial charge < -0.3 is 9.84 Å². The van der Waals surface area contributed by atoms with E-state index in [0.29, 0.717) is 18.0 Å². The van der Waals surface area contributed by atoms with Gasteiger partial charge >= 0.3 is 0 Å². The fourth-order valence-corrected chi connectivity index (χ4v) is 2.69. The lowest BCUT2D eigenvalue weighted by molar-refractivity contribution is -0.0100. The topological polar surface area (TPSA) is 42.4 Å². The Balaban J connectivity index is 1.99. The van der Waals surface area contributed by atoms with Gasteiger partial charge in [0.2, 0.25) is 0 Å². The zero-order valence-corrected chi connectivity index (χ0v) is 11.8. The third-order valence-corrected chi connectivity index (χ3v) is 4.04. The molecule has 3 rings (SSSR count). The van der Waals surface area contributed by atoms with Gasteiger partial charge in [0.15, 0.2) is 0 Å². The van der Waals surface area contributed by atoms with Gasteiger partial charge in [0.25, 0.3) is 0 Å². The van der Waals surface area contributed by atoms with Crippen LogP contribution in [0.2, 0.25) is 5.15 Å². The number of ether oxygens (including phenoxy) is 1. The molecule has 1 fully saturated rings. The predicted molar refractivity (Wildman–Crippen MR) is 74.1 cm³/mol. The van der Waals surface area contributed by atoms with E-state index in [-0.39, 0.29) is 12.2 Å². The Labute approximate surface area is 118 Å². The number of aromatic nitrogens is 1. The zero-order chi connectivity index (χ0) is 12.7. The second-order valence-electron chi connectivity index (χ2n) is 4.46. The minimum atomic E-state index is -0.218. The largest absolute Gasteiger partial charge is 0.490 e. The molecule has 3 nitrogen and oxygen atoms in total. The van der Waals surface area contributed by atoms with Gasteiger partial charge in [0.05, 0.1) is 6.10 Å². The van der Waals surface area contributed by atoms with Crippen LogP contribution >= 0.6 is 27.5 Å². The minimum absolute atomic E-state index is 0.0973. The quantitative estimate of drug-likeness (QED) is 0.857. The third kappa shape index (κ3) is 2.20. The highest BCUT2D eigenvalue weighted by Gasteiger charge is 2.29. The molecule has 0 spiro atoms. The van der Waals surface area contributed by atoms with E-state index in [1.54, 1.807) is 6.20 Å². The Bertz CT molecular complexity index is 599. The molecule has 0 atom stereocenters. The van der Waals surface area contributed by atoms with Crippen molar-refractivity contribution in [3.05, 3.63) is 34.0 Å². The highest BCUT2D eigenvalue weighted by atomic mass is 79.9. The van der Waals surface area contributed by atoms with Crippen molar-refractivity contribution in [3.63, 3.8) is 0 Å². The summed E-state index contributed by atoms with van der Waals surface area (Å²) < 4.78 is 6.83. The third-order valence-electron chi connectivity index (χ3n) is 3.14. The summed E-state index contributed by atoms with van der Waals surface area (Å²) in [5.74, 6) is 0.786. The number of rotatable bonds is 2. The van der Waals surface area contributed by atoms with E-state index in [0.717, 1.165) is 21.0 Å². The van der Waals surface area contributed by atoms with Gasteiger partial charge in [-0.25, -0.2) is 4.98 Å². The Kier molecular flexibility index (Phi) is 3.18. The number of nitrogens with zero attached hydrogens (tertiary/aromatic N) is 1. The van der Waals surface area contributed by atoms with Crippen molar-refractivity contribution in [2.75, 3.05) is 0 Å². The summed E-state index contributed by atoms with van der Waals surface area (Å²) in [6.45, 7) is 0. The molecule has 1 aliphatic carbocycles. The molecule has 0 aliphatic heterocycles. The zero-order valence-electron chi connectivity index (χ0n) is 9.44. The molecule has 1 N–H and O–H groups in total. The van der Waals surface area contributed by atoms with E-state index in [9.17, 15) is 5.11 Å². The van der Waals surface area contributed by atoms with E-state index in [1.165, 1.54) is 0 Å². The standard InChI is InChI=1S/C13H11BrClNO2/c14-11-1-2-12(18-8-3-7(17)4-8)10-6-16-13(15)5-9(10)11/h1-2,5-8,17H,3-4H2/t7-,8-. The number of hydrogen-bond acceptors (Lipinski definition) is 3. The second-order valence-corrected chi connectivity index (χ2v) is 5.70. The molecule has 94 valence electrons. The number of fused-ring (bicyclic) bond motifs is 1. The van der Waals surface area contributed by atoms with Crippen LogP contribution in [0.4, 0.5) is 0 Å². The van der Waals surface area contributed by atoms with E-state index >= 15 is 0 Å². The lowest BCUT2D eigenvalue weighted by Crippen LogP contribution is -2.37. The molecule has 18 heavy (non-hydrogen) atoms. The first-order valence-corrected chi connectivity index (χ1v) is 6.89. The Morgan fingerprint density at radius 1 is 1.33 bits per heavy atom. The highest BCUT2D eigenvalue weighted by Crippen LogP contribution is 2.35. The van der Waals surface area contributed by atoms with Crippen molar-refractivity contribution >= 4 is 38.3 Å². The van der Waals surface area contributed by atoms with Crippen LogP contribution in [-0.2, 0) is 0 Å². The molecule has 1 aromatic carbocycles. The van der Waals surface area contributed by atoms with Crippen molar-refractivity contribution in [2.24, 2.45) is 0 Å². The SMILES string of the molecule is O[C@H]1C[C@H](Oc2ccc(Br)c3cc(Cl)ncc23)C1. The van der Waals surface area contributed by atoms with E-state index in [2.05, 4.69) is 20.9 Å². The summed E-state index contributed by atoms with van der Waals surface area (Å²) in [5.41, 5.74) is 0. The van der Waals surface area contributed by atoms with Crippen molar-refractivity contribution < 1.29 is 9.84 Å². The first kappa shape index (κ1) is 12.2. The minimum Gasteiger partial charge on any atom is -0.490 e. The van der Waals surface area contributed by atoms with Crippen molar-refractivity contribution in [2.45, 2.75) is 25.0 Å². The molecule has 0 unspecified atom stereocenters. The Morgan fingerprint density at radius 2 is 2.11 bits per heavy atom. The molecular formula is C13H11BrClNO2. The fraction of sp³-hybridized carbons (Fsp3) is 0.308. The van der Waals surface area contributed by atoms with Crippen LogP contribution in [0.25, 0.3) is 10.8 Å². The number of hydrogen-bond donors (Lipinski definition) is 1. The Morgan fingerprint density at radius 3 is 2.83 bits per heavy atom. The van der Waals surface area contributed by atoms with Crippen LogP contribution in [0.1, 0.15) is 12.8 Å². The lowest BCUT2D eigenvalue weighted by atomic mass is 9.92. The van der Waals surface area contributed by atoms with Gasteiger partial charge in [-0.15, -0.1) is 0 Å². The summed E-state index contributed by atoms with van der Waals surface area (Å²) in [4.78, 5) is 4.09. The van der Waals surface area contributed by atoms with Crippen LogP contribution < -0.4 is 4.74 Å². The van der Waals surface area contributed by atoms with Gasteiger partial charge in [0, 0.05) is 34.3 Å². The van der Waals surface area contributed by atoms with E-state index < -0.39 is 0 Å². The summed E-state index contributed by atoms with van der Waals surface area (Å²) in [6, 6.07) is 5.65. The molecule has 5 heteroatoms. The monoisotopic (exact) mass is 327 g/mol. The van der Waals surface area contributed by atoms with Gasteiger partial charge in [-0.2, -0.15) is 0 Å². The summed E-state index contributed by atoms with van der Waals surface area (Å²) in [7, 11) is 0. The van der Waals surface area contributed by atoms with Crippen LogP contribution in [0.15, 0.2) is 28.9 Å². The fourth-order valence-electron chi connectivity index (χ4n) is 2.07. The average molecular weight is 329 g/mol. The van der Waals surface area contributed by atoms with Crippen molar-refractivity contribution in [1.29, 1.82) is 0 Å². The molecular weight excluding hydrogens is 318 g/mol. The highest BCUT2D eigenvalue weighted by molar-refractivity contribution is 9.10. The molecule has 0 amide bonds. The molecule has 2 aromatic rings.